The van der Waals surface area contributed by atoms with Gasteiger partial charge in [-0.25, -0.2) is 0 Å². The van der Waals surface area contributed by atoms with Crippen molar-refractivity contribution in [1.82, 2.24) is 4.98 Å². The van der Waals surface area contributed by atoms with E-state index >= 15 is 0 Å². The highest BCUT2D eigenvalue weighted by molar-refractivity contribution is 5.61. The number of hydrogen-bond donors (Lipinski definition) is 1. The second kappa shape index (κ2) is 3.33. The highest BCUT2D eigenvalue weighted by Crippen LogP contribution is 2.21. The molecule has 1 heteroatoms. The van der Waals surface area contributed by atoms with Gasteiger partial charge >= 0.3 is 0 Å². The van der Waals surface area contributed by atoms with Crippen molar-refractivity contribution in [2.24, 2.45) is 0 Å². The molecule has 0 aliphatic carbocycles. The van der Waals surface area contributed by atoms with E-state index in [0.29, 0.717) is 0 Å². The van der Waals surface area contributed by atoms with Crippen LogP contribution in [0.15, 0.2) is 30.5 Å². The van der Waals surface area contributed by atoms with Crippen LogP contribution in [0, 0.1) is 20.8 Å². The van der Waals surface area contributed by atoms with Crippen LogP contribution in [0.4, 0.5) is 0 Å². The summed E-state index contributed by atoms with van der Waals surface area (Å²) < 4.78 is 0. The number of hydrogen-bond acceptors (Lipinski definition) is 0. The molecule has 1 heterocycles. The largest absolute Gasteiger partial charge is 0.361 e. The molecule has 0 aliphatic heterocycles. The fourth-order valence-corrected chi connectivity index (χ4v) is 1.58. The second-order valence-electron chi connectivity index (χ2n) is 3.89. The Morgan fingerprint density at radius 3 is 2.29 bits per heavy atom. The van der Waals surface area contributed by atoms with Crippen LogP contribution in [0.25, 0.3) is 11.3 Å². The molecule has 0 unspecified atom stereocenters. The Bertz CT molecular complexity index is 452. The Morgan fingerprint density at radius 2 is 1.71 bits per heavy atom. The van der Waals surface area contributed by atoms with Gasteiger partial charge in [-0.1, -0.05) is 12.1 Å². The van der Waals surface area contributed by atoms with Gasteiger partial charge in [0.1, 0.15) is 0 Å². The number of aromatic amines is 1. The Kier molecular flexibility index (Phi) is 2.16. The lowest BCUT2D eigenvalue weighted by Gasteiger charge is -2.02. The Morgan fingerprint density at radius 1 is 0.929 bits per heavy atom. The SMILES string of the molecule is Cc1c[nH]c(-c2ccc(C)c(C)c2)c1. The summed E-state index contributed by atoms with van der Waals surface area (Å²) in [5.41, 5.74) is 6.43. The number of aryl methyl sites for hydroxylation is 3. The molecule has 2 rings (SSSR count). The quantitative estimate of drug-likeness (QED) is 0.698. The third-order valence-electron chi connectivity index (χ3n) is 2.65. The summed E-state index contributed by atoms with van der Waals surface area (Å²) >= 11 is 0. The van der Waals surface area contributed by atoms with Gasteiger partial charge in [0, 0.05) is 11.9 Å². The molecular weight excluding hydrogens is 170 g/mol. The van der Waals surface area contributed by atoms with Gasteiger partial charge in [-0.05, 0) is 55.2 Å². The maximum absolute atomic E-state index is 3.27. The first-order valence-electron chi connectivity index (χ1n) is 4.89. The third-order valence-corrected chi connectivity index (χ3v) is 2.65. The molecule has 0 fully saturated rings. The summed E-state index contributed by atoms with van der Waals surface area (Å²) in [4.78, 5) is 3.27. The van der Waals surface area contributed by atoms with Gasteiger partial charge in [-0.15, -0.1) is 0 Å². The zero-order chi connectivity index (χ0) is 10.1. The fourth-order valence-electron chi connectivity index (χ4n) is 1.58. The van der Waals surface area contributed by atoms with E-state index in [1.165, 1.54) is 27.9 Å². The molecule has 0 atom stereocenters. The van der Waals surface area contributed by atoms with Crippen LogP contribution in [-0.4, -0.2) is 4.98 Å². The number of H-pyrrole nitrogens is 1. The van der Waals surface area contributed by atoms with Gasteiger partial charge in [0.05, 0.1) is 0 Å². The number of nitrogens with one attached hydrogen (secondary N) is 1. The highest BCUT2D eigenvalue weighted by Gasteiger charge is 2.00. The molecular formula is C13H15N. The minimum atomic E-state index is 1.20. The summed E-state index contributed by atoms with van der Waals surface area (Å²) in [7, 11) is 0. The molecule has 0 bridgehead atoms. The lowest BCUT2D eigenvalue weighted by molar-refractivity contribution is 1.32. The number of benzene rings is 1. The molecule has 1 nitrogen and oxygen atoms in total. The van der Waals surface area contributed by atoms with Crippen molar-refractivity contribution in [3.63, 3.8) is 0 Å². The molecule has 1 N–H and O–H groups in total. The molecule has 1 aromatic carbocycles. The molecule has 0 spiro atoms. The average Bonchev–Trinajstić information content (AvgIpc) is 2.57. The molecule has 0 saturated heterocycles. The molecule has 1 aromatic heterocycles. The zero-order valence-corrected chi connectivity index (χ0v) is 8.89. The van der Waals surface area contributed by atoms with E-state index in [2.05, 4.69) is 50.0 Å². The first-order valence-corrected chi connectivity index (χ1v) is 4.89. The van der Waals surface area contributed by atoms with Crippen LogP contribution >= 0.6 is 0 Å². The molecule has 14 heavy (non-hydrogen) atoms. The minimum Gasteiger partial charge on any atom is -0.361 e. The highest BCUT2D eigenvalue weighted by atomic mass is 14.7. The van der Waals surface area contributed by atoms with Gasteiger partial charge in [-0.2, -0.15) is 0 Å². The zero-order valence-electron chi connectivity index (χ0n) is 8.89. The first-order chi connectivity index (χ1) is 6.66. The molecule has 0 aliphatic rings. The molecule has 0 amide bonds. The van der Waals surface area contributed by atoms with E-state index in [-0.39, 0.29) is 0 Å². The van der Waals surface area contributed by atoms with Crippen molar-refractivity contribution >= 4 is 0 Å². The van der Waals surface area contributed by atoms with Crippen LogP contribution in [-0.2, 0) is 0 Å². The summed E-state index contributed by atoms with van der Waals surface area (Å²) in [6.45, 7) is 6.38. The summed E-state index contributed by atoms with van der Waals surface area (Å²) in [5.74, 6) is 0. The van der Waals surface area contributed by atoms with E-state index in [1.807, 2.05) is 6.20 Å². The average molecular weight is 185 g/mol. The predicted molar refractivity (Wildman–Crippen MR) is 60.4 cm³/mol. The van der Waals surface area contributed by atoms with Crippen molar-refractivity contribution in [2.75, 3.05) is 0 Å². The molecule has 2 aromatic rings. The van der Waals surface area contributed by atoms with Crippen molar-refractivity contribution < 1.29 is 0 Å². The Hall–Kier alpha value is -1.50. The Labute approximate surface area is 84.8 Å². The standard InChI is InChI=1S/C13H15N/c1-9-6-13(14-8-9)12-5-4-10(2)11(3)7-12/h4-8,14H,1-3H3. The van der Waals surface area contributed by atoms with Gasteiger partial charge < -0.3 is 4.98 Å². The van der Waals surface area contributed by atoms with Crippen LogP contribution < -0.4 is 0 Å². The summed E-state index contributed by atoms with van der Waals surface area (Å²) in [6.07, 6.45) is 2.03. The smallest absolute Gasteiger partial charge is 0.0456 e. The predicted octanol–water partition coefficient (Wildman–Crippen LogP) is 3.61. The van der Waals surface area contributed by atoms with Crippen LogP contribution in [0.3, 0.4) is 0 Å². The van der Waals surface area contributed by atoms with E-state index in [4.69, 9.17) is 0 Å². The summed E-state index contributed by atoms with van der Waals surface area (Å²) in [6, 6.07) is 8.72. The second-order valence-corrected chi connectivity index (χ2v) is 3.89. The lowest BCUT2D eigenvalue weighted by atomic mass is 10.0. The van der Waals surface area contributed by atoms with Gasteiger partial charge in [0.2, 0.25) is 0 Å². The van der Waals surface area contributed by atoms with Crippen molar-refractivity contribution in [1.29, 1.82) is 0 Å². The minimum absolute atomic E-state index is 1.20. The van der Waals surface area contributed by atoms with Crippen LogP contribution in [0.2, 0.25) is 0 Å². The molecule has 0 saturated carbocycles. The van der Waals surface area contributed by atoms with Gasteiger partial charge in [0.15, 0.2) is 0 Å². The topological polar surface area (TPSA) is 15.8 Å². The third kappa shape index (κ3) is 1.58. The van der Waals surface area contributed by atoms with Gasteiger partial charge in [-0.3, -0.25) is 0 Å². The fraction of sp³-hybridized carbons (Fsp3) is 0.231. The van der Waals surface area contributed by atoms with Crippen molar-refractivity contribution in [3.05, 3.63) is 47.2 Å². The van der Waals surface area contributed by atoms with Crippen LogP contribution in [0.1, 0.15) is 16.7 Å². The van der Waals surface area contributed by atoms with Crippen molar-refractivity contribution in [3.8, 4) is 11.3 Å². The van der Waals surface area contributed by atoms with Gasteiger partial charge in [0.25, 0.3) is 0 Å². The molecule has 72 valence electrons. The lowest BCUT2D eigenvalue weighted by Crippen LogP contribution is -1.82. The van der Waals surface area contributed by atoms with Crippen molar-refractivity contribution in [2.45, 2.75) is 20.8 Å². The number of rotatable bonds is 1. The normalized spacial score (nSPS) is 10.5. The van der Waals surface area contributed by atoms with Crippen LogP contribution in [0.5, 0.6) is 0 Å². The first kappa shape index (κ1) is 9.07. The maximum atomic E-state index is 3.27. The monoisotopic (exact) mass is 185 g/mol. The number of aromatic nitrogens is 1. The van der Waals surface area contributed by atoms with E-state index in [1.54, 1.807) is 0 Å². The maximum Gasteiger partial charge on any atom is 0.0456 e. The summed E-state index contributed by atoms with van der Waals surface area (Å²) in [5, 5.41) is 0. The van der Waals surface area contributed by atoms with E-state index < -0.39 is 0 Å². The van der Waals surface area contributed by atoms with E-state index in [0.717, 1.165) is 0 Å². The molecule has 0 radical (unpaired) electrons. The van der Waals surface area contributed by atoms with E-state index in [9.17, 15) is 0 Å². The Balaban J connectivity index is 2.47.